The van der Waals surface area contributed by atoms with Crippen LogP contribution in [0, 0.1) is 0 Å². The van der Waals surface area contributed by atoms with Crippen molar-refractivity contribution in [2.45, 2.75) is 6.92 Å². The van der Waals surface area contributed by atoms with E-state index in [2.05, 4.69) is 21.2 Å². The molecule has 1 heterocycles. The van der Waals surface area contributed by atoms with Crippen molar-refractivity contribution in [3.05, 3.63) is 63.6 Å². The standard InChI is InChI=1S/C20H15BrN2O5S/c1-2-28-16-8-3-11(10-15(16)21)9-14-17(24)22-20(29)23(18(14)25)13-6-4-12(5-7-13)19(26)27/h3-10H,2H2,1H3,(H,26,27)(H,22,24,29)/b14-9+. The highest BCUT2D eigenvalue weighted by Crippen LogP contribution is 2.28. The van der Waals surface area contributed by atoms with Crippen LogP contribution in [0.25, 0.3) is 6.08 Å². The lowest BCUT2D eigenvalue weighted by Gasteiger charge is -2.29. The predicted molar refractivity (Wildman–Crippen MR) is 115 cm³/mol. The second-order valence-electron chi connectivity index (χ2n) is 5.93. The number of carboxylic acids is 1. The first kappa shape index (κ1) is 20.7. The molecule has 7 nitrogen and oxygen atoms in total. The molecule has 0 spiro atoms. The molecule has 3 rings (SSSR count). The van der Waals surface area contributed by atoms with E-state index in [9.17, 15) is 14.4 Å². The Balaban J connectivity index is 1.95. The molecule has 2 aromatic rings. The number of anilines is 1. The molecule has 1 fully saturated rings. The molecule has 148 valence electrons. The number of halogens is 1. The molecule has 1 aliphatic heterocycles. The number of hydrogen-bond donors (Lipinski definition) is 2. The van der Waals surface area contributed by atoms with Gasteiger partial charge in [0.25, 0.3) is 11.8 Å². The number of amides is 2. The molecule has 1 aliphatic rings. The van der Waals surface area contributed by atoms with Gasteiger partial charge in [-0.2, -0.15) is 0 Å². The van der Waals surface area contributed by atoms with Gasteiger partial charge in [-0.25, -0.2) is 4.79 Å². The summed E-state index contributed by atoms with van der Waals surface area (Å²) in [6.45, 7) is 2.38. The van der Waals surface area contributed by atoms with E-state index in [4.69, 9.17) is 22.1 Å². The van der Waals surface area contributed by atoms with E-state index < -0.39 is 17.8 Å². The number of benzene rings is 2. The predicted octanol–water partition coefficient (Wildman–Crippen LogP) is 3.38. The molecule has 29 heavy (non-hydrogen) atoms. The first-order valence-corrected chi connectivity index (χ1v) is 9.69. The maximum atomic E-state index is 13.0. The summed E-state index contributed by atoms with van der Waals surface area (Å²) in [7, 11) is 0. The zero-order valence-electron chi connectivity index (χ0n) is 15.1. The summed E-state index contributed by atoms with van der Waals surface area (Å²) < 4.78 is 6.15. The van der Waals surface area contributed by atoms with Crippen LogP contribution in [-0.4, -0.2) is 34.6 Å². The van der Waals surface area contributed by atoms with Gasteiger partial charge in [-0.05, 0) is 83.1 Å². The fourth-order valence-electron chi connectivity index (χ4n) is 2.69. The smallest absolute Gasteiger partial charge is 0.335 e. The highest BCUT2D eigenvalue weighted by Gasteiger charge is 2.34. The lowest BCUT2D eigenvalue weighted by molar-refractivity contribution is -0.122. The van der Waals surface area contributed by atoms with E-state index in [0.29, 0.717) is 28.1 Å². The summed E-state index contributed by atoms with van der Waals surface area (Å²) in [5, 5.41) is 11.4. The largest absolute Gasteiger partial charge is 0.493 e. The Hall–Kier alpha value is -3.04. The van der Waals surface area contributed by atoms with Crippen molar-refractivity contribution < 1.29 is 24.2 Å². The Morgan fingerprint density at radius 1 is 1.24 bits per heavy atom. The Labute approximate surface area is 180 Å². The van der Waals surface area contributed by atoms with E-state index in [1.807, 2.05) is 6.92 Å². The SMILES string of the molecule is CCOc1ccc(/C=C2\C(=O)NC(=S)N(c3ccc(C(=O)O)cc3)C2=O)cc1Br. The normalized spacial score (nSPS) is 15.4. The summed E-state index contributed by atoms with van der Waals surface area (Å²) in [5.41, 5.74) is 0.941. The lowest BCUT2D eigenvalue weighted by Crippen LogP contribution is -2.54. The summed E-state index contributed by atoms with van der Waals surface area (Å²) in [4.78, 5) is 37.5. The number of hydrogen-bond acceptors (Lipinski definition) is 5. The minimum atomic E-state index is -1.08. The van der Waals surface area contributed by atoms with Crippen molar-refractivity contribution in [1.82, 2.24) is 5.32 Å². The van der Waals surface area contributed by atoms with Crippen LogP contribution in [0.3, 0.4) is 0 Å². The van der Waals surface area contributed by atoms with Gasteiger partial charge in [0.05, 0.1) is 22.3 Å². The van der Waals surface area contributed by atoms with E-state index in [1.54, 1.807) is 18.2 Å². The van der Waals surface area contributed by atoms with Crippen LogP contribution in [0.15, 0.2) is 52.5 Å². The van der Waals surface area contributed by atoms with Crippen LogP contribution in [0.1, 0.15) is 22.8 Å². The average Bonchev–Trinajstić information content (AvgIpc) is 2.67. The van der Waals surface area contributed by atoms with Crippen LogP contribution in [0.2, 0.25) is 0 Å². The highest BCUT2D eigenvalue weighted by molar-refractivity contribution is 9.10. The fourth-order valence-corrected chi connectivity index (χ4v) is 3.48. The maximum Gasteiger partial charge on any atom is 0.335 e. The van der Waals surface area contributed by atoms with Gasteiger partial charge < -0.3 is 9.84 Å². The third-order valence-electron chi connectivity index (χ3n) is 4.04. The Morgan fingerprint density at radius 2 is 1.93 bits per heavy atom. The monoisotopic (exact) mass is 474 g/mol. The number of ether oxygens (including phenoxy) is 1. The molecule has 0 radical (unpaired) electrons. The fraction of sp³-hybridized carbons (Fsp3) is 0.100. The summed E-state index contributed by atoms with van der Waals surface area (Å²) >= 11 is 8.54. The van der Waals surface area contributed by atoms with Crippen LogP contribution in [-0.2, 0) is 9.59 Å². The van der Waals surface area contributed by atoms with Crippen LogP contribution in [0.4, 0.5) is 5.69 Å². The highest BCUT2D eigenvalue weighted by atomic mass is 79.9. The van der Waals surface area contributed by atoms with Gasteiger partial charge in [0, 0.05) is 0 Å². The maximum absolute atomic E-state index is 13.0. The first-order valence-electron chi connectivity index (χ1n) is 8.49. The van der Waals surface area contributed by atoms with Crippen molar-refractivity contribution >= 4 is 62.8 Å². The Morgan fingerprint density at radius 3 is 2.52 bits per heavy atom. The topological polar surface area (TPSA) is 95.9 Å². The number of aromatic carboxylic acids is 1. The van der Waals surface area contributed by atoms with E-state index in [0.717, 1.165) is 4.90 Å². The zero-order valence-corrected chi connectivity index (χ0v) is 17.5. The van der Waals surface area contributed by atoms with Gasteiger partial charge in [-0.1, -0.05) is 6.07 Å². The molecule has 1 saturated heterocycles. The van der Waals surface area contributed by atoms with Gasteiger partial charge in [0.1, 0.15) is 11.3 Å². The van der Waals surface area contributed by atoms with Crippen LogP contribution < -0.4 is 15.0 Å². The van der Waals surface area contributed by atoms with Gasteiger partial charge in [-0.3, -0.25) is 19.8 Å². The Bertz CT molecular complexity index is 1050. The quantitative estimate of drug-likeness (QED) is 0.391. The minimum Gasteiger partial charge on any atom is -0.493 e. The van der Waals surface area contributed by atoms with Gasteiger partial charge in [0.15, 0.2) is 5.11 Å². The molecule has 0 atom stereocenters. The molecule has 0 saturated carbocycles. The zero-order chi connectivity index (χ0) is 21.1. The van der Waals surface area contributed by atoms with Crippen LogP contribution >= 0.6 is 28.1 Å². The van der Waals surface area contributed by atoms with Gasteiger partial charge >= 0.3 is 5.97 Å². The Kier molecular flexibility index (Phi) is 6.09. The van der Waals surface area contributed by atoms with Crippen LogP contribution in [0.5, 0.6) is 5.75 Å². The minimum absolute atomic E-state index is 0.0724. The lowest BCUT2D eigenvalue weighted by atomic mass is 10.1. The number of rotatable bonds is 5. The molecule has 0 aromatic heterocycles. The van der Waals surface area contributed by atoms with Crippen molar-refractivity contribution in [3.8, 4) is 5.75 Å². The molecule has 2 N–H and O–H groups in total. The molecule has 2 amide bonds. The van der Waals surface area contributed by atoms with E-state index in [-0.39, 0.29) is 16.2 Å². The van der Waals surface area contributed by atoms with Crippen molar-refractivity contribution in [3.63, 3.8) is 0 Å². The molecular formula is C20H15BrN2O5S. The van der Waals surface area contributed by atoms with Gasteiger partial charge in [-0.15, -0.1) is 0 Å². The summed E-state index contributed by atoms with van der Waals surface area (Å²) in [6, 6.07) is 10.8. The molecular weight excluding hydrogens is 460 g/mol. The van der Waals surface area contributed by atoms with Crippen molar-refractivity contribution in [2.24, 2.45) is 0 Å². The number of carbonyl (C=O) groups is 3. The van der Waals surface area contributed by atoms with E-state index >= 15 is 0 Å². The number of nitrogens with zero attached hydrogens (tertiary/aromatic N) is 1. The molecule has 9 heteroatoms. The van der Waals surface area contributed by atoms with Gasteiger partial charge in [0.2, 0.25) is 0 Å². The molecule has 0 aliphatic carbocycles. The summed E-state index contributed by atoms with van der Waals surface area (Å²) in [6.07, 6.45) is 1.46. The van der Waals surface area contributed by atoms with E-state index in [1.165, 1.54) is 30.3 Å². The number of carboxylic acid groups (broad SMARTS) is 1. The van der Waals surface area contributed by atoms with Crippen molar-refractivity contribution in [1.29, 1.82) is 0 Å². The second kappa shape index (κ2) is 8.54. The second-order valence-corrected chi connectivity index (χ2v) is 7.17. The summed E-state index contributed by atoms with van der Waals surface area (Å²) in [5.74, 6) is -1.65. The average molecular weight is 475 g/mol. The number of nitrogens with one attached hydrogen (secondary N) is 1. The third kappa shape index (κ3) is 4.36. The third-order valence-corrected chi connectivity index (χ3v) is 4.95. The first-order chi connectivity index (χ1) is 13.8. The number of thiocarbonyl (C=S) groups is 1. The molecule has 0 bridgehead atoms. The number of carbonyl (C=O) groups excluding carboxylic acids is 2. The molecule has 2 aromatic carbocycles. The molecule has 0 unspecified atom stereocenters. The van der Waals surface area contributed by atoms with Crippen molar-refractivity contribution in [2.75, 3.05) is 11.5 Å².